The van der Waals surface area contributed by atoms with Crippen LogP contribution >= 0.6 is 11.3 Å². The molecule has 1 heterocycles. The van der Waals surface area contributed by atoms with Gasteiger partial charge < -0.3 is 0 Å². The molecule has 0 unspecified atom stereocenters. The highest BCUT2D eigenvalue weighted by molar-refractivity contribution is 7.18. The summed E-state index contributed by atoms with van der Waals surface area (Å²) in [5.74, 6) is 0. The number of benzene rings is 1. The van der Waals surface area contributed by atoms with Crippen molar-refractivity contribution < 1.29 is 9.85 Å². The molecule has 0 fully saturated rings. The summed E-state index contributed by atoms with van der Waals surface area (Å²) < 4.78 is 0. The van der Waals surface area contributed by atoms with E-state index in [1.165, 1.54) is 24.4 Å². The maximum atomic E-state index is 10.6. The molecule has 0 spiro atoms. The van der Waals surface area contributed by atoms with Crippen LogP contribution in [-0.4, -0.2) is 21.0 Å². The van der Waals surface area contributed by atoms with Crippen LogP contribution < -0.4 is 0 Å². The van der Waals surface area contributed by atoms with Gasteiger partial charge in [-0.25, -0.2) is 9.98 Å². The molecule has 8 nitrogen and oxygen atoms in total. The maximum absolute atomic E-state index is 10.6. The zero-order chi connectivity index (χ0) is 13.8. The first-order valence-corrected chi connectivity index (χ1v) is 5.76. The minimum Gasteiger partial charge on any atom is -0.258 e. The second kappa shape index (κ2) is 5.31. The van der Waals surface area contributed by atoms with Crippen LogP contribution in [0.15, 0.2) is 35.5 Å². The number of non-ortho nitro benzene ring substituents is 1. The Balaban J connectivity index is 2.19. The summed E-state index contributed by atoms with van der Waals surface area (Å²) in [6, 6.07) is 5.89. The fourth-order valence-electron chi connectivity index (χ4n) is 1.25. The molecule has 2 aromatic rings. The predicted molar refractivity (Wildman–Crippen MR) is 69.1 cm³/mol. The number of nitrogens with zero attached hydrogens (tertiary/aromatic N) is 4. The second-order valence-electron chi connectivity index (χ2n) is 3.35. The average Bonchev–Trinajstić information content (AvgIpc) is 2.85. The van der Waals surface area contributed by atoms with Crippen molar-refractivity contribution in [2.75, 3.05) is 0 Å². The van der Waals surface area contributed by atoms with Gasteiger partial charge in [0, 0.05) is 18.3 Å². The zero-order valence-electron chi connectivity index (χ0n) is 9.29. The van der Waals surface area contributed by atoms with E-state index < -0.39 is 9.85 Å². The van der Waals surface area contributed by atoms with Gasteiger partial charge in [0.05, 0.1) is 9.85 Å². The summed E-state index contributed by atoms with van der Waals surface area (Å²) in [5, 5.41) is 21.2. The fraction of sp³-hybridized carbons (Fsp3) is 0. The quantitative estimate of drug-likeness (QED) is 0.485. The van der Waals surface area contributed by atoms with Crippen molar-refractivity contribution in [3.05, 3.63) is 56.3 Å². The summed E-state index contributed by atoms with van der Waals surface area (Å²) in [4.78, 5) is 27.7. The fourth-order valence-corrected chi connectivity index (χ4v) is 1.83. The minimum absolute atomic E-state index is 0.0472. The molecular weight excluding hydrogens is 272 g/mol. The van der Waals surface area contributed by atoms with Gasteiger partial charge >= 0.3 is 5.00 Å². The Kier molecular flexibility index (Phi) is 3.57. The number of nitro benzene ring substituents is 1. The average molecular weight is 278 g/mol. The molecule has 0 amide bonds. The molecule has 0 radical (unpaired) electrons. The highest BCUT2D eigenvalue weighted by Crippen LogP contribution is 2.27. The van der Waals surface area contributed by atoms with Crippen LogP contribution in [0.3, 0.4) is 0 Å². The van der Waals surface area contributed by atoms with E-state index >= 15 is 0 Å². The van der Waals surface area contributed by atoms with E-state index in [0.717, 1.165) is 17.5 Å². The lowest BCUT2D eigenvalue weighted by molar-refractivity contribution is -0.384. The number of rotatable bonds is 4. The van der Waals surface area contributed by atoms with Gasteiger partial charge in [0.25, 0.3) is 5.69 Å². The Morgan fingerprint density at radius 1 is 1.26 bits per heavy atom. The van der Waals surface area contributed by atoms with E-state index in [4.69, 9.17) is 0 Å². The van der Waals surface area contributed by atoms with Crippen molar-refractivity contribution in [3.8, 4) is 0 Å². The third kappa shape index (κ3) is 3.16. The minimum atomic E-state index is -0.552. The van der Waals surface area contributed by atoms with E-state index in [-0.39, 0.29) is 15.8 Å². The normalized spacial score (nSPS) is 10.7. The second-order valence-corrected chi connectivity index (χ2v) is 4.34. The topological polar surface area (TPSA) is 112 Å². The summed E-state index contributed by atoms with van der Waals surface area (Å²) >= 11 is 0.829. The first-order chi connectivity index (χ1) is 9.06. The summed E-state index contributed by atoms with van der Waals surface area (Å²) in [6.45, 7) is 0. The molecule has 0 atom stereocenters. The third-order valence-electron chi connectivity index (χ3n) is 2.07. The van der Waals surface area contributed by atoms with Crippen molar-refractivity contribution in [1.82, 2.24) is 4.98 Å². The molecule has 0 N–H and O–H groups in total. The number of hydrogen-bond acceptors (Lipinski definition) is 7. The van der Waals surface area contributed by atoms with Crippen molar-refractivity contribution >= 4 is 33.4 Å². The molecule has 2 rings (SSSR count). The zero-order valence-corrected chi connectivity index (χ0v) is 10.1. The Hall–Kier alpha value is -2.68. The van der Waals surface area contributed by atoms with Gasteiger partial charge in [-0.3, -0.25) is 20.2 Å². The number of thiazole rings is 1. The highest BCUT2D eigenvalue weighted by Gasteiger charge is 2.10. The highest BCUT2D eigenvalue weighted by atomic mass is 32.1. The van der Waals surface area contributed by atoms with Crippen molar-refractivity contribution in [3.63, 3.8) is 0 Å². The summed E-state index contributed by atoms with van der Waals surface area (Å²) in [6.07, 6.45) is 2.49. The Morgan fingerprint density at radius 3 is 2.68 bits per heavy atom. The molecule has 0 aliphatic carbocycles. The van der Waals surface area contributed by atoms with Crippen LogP contribution in [0.4, 0.5) is 15.8 Å². The lowest BCUT2D eigenvalue weighted by Gasteiger charge is -1.92. The van der Waals surface area contributed by atoms with E-state index in [1.807, 2.05) is 0 Å². The molecule has 1 aromatic carbocycles. The van der Waals surface area contributed by atoms with Gasteiger partial charge in [0.2, 0.25) is 5.13 Å². The molecule has 0 bridgehead atoms. The van der Waals surface area contributed by atoms with Gasteiger partial charge in [-0.05, 0) is 16.9 Å². The van der Waals surface area contributed by atoms with Gasteiger partial charge in [0.1, 0.15) is 6.20 Å². The van der Waals surface area contributed by atoms with E-state index in [0.29, 0.717) is 5.56 Å². The SMILES string of the molecule is O=[N+]([O-])c1cccc(/C=N/c2ncc([N+](=O)[O-])s2)c1. The van der Waals surface area contributed by atoms with Crippen molar-refractivity contribution in [1.29, 1.82) is 0 Å². The maximum Gasteiger partial charge on any atom is 0.345 e. The molecule has 0 aliphatic heterocycles. The third-order valence-corrected chi connectivity index (χ3v) is 2.92. The van der Waals surface area contributed by atoms with Gasteiger partial charge in [-0.15, -0.1) is 0 Å². The lowest BCUT2D eigenvalue weighted by Crippen LogP contribution is -1.89. The number of aromatic nitrogens is 1. The first-order valence-electron chi connectivity index (χ1n) is 4.95. The number of hydrogen-bond donors (Lipinski definition) is 0. The molecular formula is C10H6N4O4S. The monoisotopic (exact) mass is 278 g/mol. The Bertz CT molecular complexity index is 667. The van der Waals surface area contributed by atoms with Gasteiger partial charge in [-0.2, -0.15) is 0 Å². The van der Waals surface area contributed by atoms with Crippen molar-refractivity contribution in [2.45, 2.75) is 0 Å². The van der Waals surface area contributed by atoms with Gasteiger partial charge in [-0.1, -0.05) is 12.1 Å². The largest absolute Gasteiger partial charge is 0.345 e. The van der Waals surface area contributed by atoms with Crippen LogP contribution in [0.25, 0.3) is 0 Å². The van der Waals surface area contributed by atoms with E-state index in [1.54, 1.807) is 6.07 Å². The number of aliphatic imine (C=N–C) groups is 1. The van der Waals surface area contributed by atoms with Crippen LogP contribution in [0, 0.1) is 20.2 Å². The Labute approximate surface area is 110 Å². The number of nitro groups is 2. The standard InChI is InChI=1S/C10H6N4O4S/c15-13(16)8-3-1-2-7(4-8)5-11-10-12-6-9(19-10)14(17)18/h1-6H/b11-5+. The molecule has 0 aliphatic rings. The molecule has 96 valence electrons. The van der Waals surface area contributed by atoms with Crippen LogP contribution in [0.2, 0.25) is 0 Å². The smallest absolute Gasteiger partial charge is 0.258 e. The summed E-state index contributed by atoms with van der Waals surface area (Å²) in [7, 11) is 0. The molecule has 0 saturated carbocycles. The Morgan fingerprint density at radius 2 is 2.05 bits per heavy atom. The first kappa shape index (κ1) is 12.8. The molecule has 19 heavy (non-hydrogen) atoms. The van der Waals surface area contributed by atoms with Crippen LogP contribution in [0.1, 0.15) is 5.56 Å². The van der Waals surface area contributed by atoms with E-state index in [9.17, 15) is 20.2 Å². The molecule has 9 heteroatoms. The van der Waals surface area contributed by atoms with Gasteiger partial charge in [0.15, 0.2) is 0 Å². The van der Waals surface area contributed by atoms with Crippen LogP contribution in [-0.2, 0) is 0 Å². The van der Waals surface area contributed by atoms with Crippen molar-refractivity contribution in [2.24, 2.45) is 4.99 Å². The lowest BCUT2D eigenvalue weighted by atomic mass is 10.2. The van der Waals surface area contributed by atoms with Crippen LogP contribution in [0.5, 0.6) is 0 Å². The predicted octanol–water partition coefficient (Wildman–Crippen LogP) is 2.71. The molecule has 0 saturated heterocycles. The molecule has 1 aromatic heterocycles. The summed E-state index contributed by atoms with van der Waals surface area (Å²) in [5.41, 5.74) is 0.473. The van der Waals surface area contributed by atoms with E-state index in [2.05, 4.69) is 9.98 Å².